The highest BCUT2D eigenvalue weighted by molar-refractivity contribution is 5.82. The van der Waals surface area contributed by atoms with Crippen molar-refractivity contribution < 1.29 is 9.90 Å². The highest BCUT2D eigenvalue weighted by Gasteiger charge is 2.33. The van der Waals surface area contributed by atoms with Crippen LogP contribution in [0.1, 0.15) is 43.7 Å². The third kappa shape index (κ3) is 3.62. The van der Waals surface area contributed by atoms with Crippen LogP contribution in [0.4, 0.5) is 5.82 Å². The number of β-amino-alcohol motifs (C(OH)–C–C–N with tert-alkyl or cyclic N) is 1. The molecule has 4 heterocycles. The largest absolute Gasteiger partial charge is 0.392 e. The molecular formula is C18H27N5O2. The van der Waals surface area contributed by atoms with E-state index in [4.69, 9.17) is 0 Å². The molecule has 3 saturated heterocycles. The van der Waals surface area contributed by atoms with Crippen molar-refractivity contribution in [2.75, 3.05) is 37.6 Å². The fourth-order valence-corrected chi connectivity index (χ4v) is 4.23. The summed E-state index contributed by atoms with van der Waals surface area (Å²) in [5.74, 6) is 1.58. The Hall–Kier alpha value is -1.73. The van der Waals surface area contributed by atoms with Gasteiger partial charge in [0, 0.05) is 50.4 Å². The van der Waals surface area contributed by atoms with Crippen molar-refractivity contribution >= 4 is 11.7 Å². The monoisotopic (exact) mass is 345 g/mol. The Kier molecular flexibility index (Phi) is 4.85. The molecule has 0 unspecified atom stereocenters. The van der Waals surface area contributed by atoms with Crippen LogP contribution in [0.5, 0.6) is 0 Å². The minimum absolute atomic E-state index is 0.135. The van der Waals surface area contributed by atoms with E-state index in [9.17, 15) is 9.90 Å². The molecule has 3 aliphatic rings. The van der Waals surface area contributed by atoms with Gasteiger partial charge in [-0.2, -0.15) is 0 Å². The van der Waals surface area contributed by atoms with Gasteiger partial charge >= 0.3 is 0 Å². The number of aliphatic hydroxyl groups excluding tert-OH is 1. The van der Waals surface area contributed by atoms with E-state index in [1.165, 1.54) is 12.8 Å². The van der Waals surface area contributed by atoms with Crippen molar-refractivity contribution in [2.24, 2.45) is 0 Å². The Morgan fingerprint density at radius 1 is 1.16 bits per heavy atom. The molecule has 2 N–H and O–H groups in total. The van der Waals surface area contributed by atoms with Gasteiger partial charge < -0.3 is 20.2 Å². The molecule has 3 aliphatic heterocycles. The van der Waals surface area contributed by atoms with Gasteiger partial charge in [-0.15, -0.1) is 0 Å². The summed E-state index contributed by atoms with van der Waals surface area (Å²) in [6, 6.07) is 1.93. The van der Waals surface area contributed by atoms with E-state index in [1.54, 1.807) is 6.33 Å². The molecule has 0 radical (unpaired) electrons. The van der Waals surface area contributed by atoms with Gasteiger partial charge in [-0.05, 0) is 32.1 Å². The first-order chi connectivity index (χ1) is 12.2. The molecule has 1 aromatic heterocycles. The number of likely N-dealkylation sites (tertiary alicyclic amines) is 1. The Labute approximate surface area is 148 Å². The van der Waals surface area contributed by atoms with Gasteiger partial charge in [0.1, 0.15) is 12.1 Å². The summed E-state index contributed by atoms with van der Waals surface area (Å²) in [5.41, 5.74) is 1.11. The predicted molar refractivity (Wildman–Crippen MR) is 94.4 cm³/mol. The number of carbonyl (C=O) groups excluding carboxylic acids is 1. The zero-order valence-electron chi connectivity index (χ0n) is 14.6. The highest BCUT2D eigenvalue weighted by atomic mass is 16.3. The molecule has 0 aliphatic carbocycles. The zero-order chi connectivity index (χ0) is 17.2. The number of hydrogen-bond donors (Lipinski definition) is 2. The number of amides is 1. The Morgan fingerprint density at radius 2 is 1.92 bits per heavy atom. The van der Waals surface area contributed by atoms with Crippen LogP contribution in [0, 0.1) is 0 Å². The second-order valence-corrected chi connectivity index (χ2v) is 7.45. The number of aromatic nitrogens is 2. The molecule has 0 saturated carbocycles. The molecule has 1 amide bonds. The molecule has 25 heavy (non-hydrogen) atoms. The molecule has 136 valence electrons. The molecule has 1 aromatic rings. The van der Waals surface area contributed by atoms with Crippen LogP contribution < -0.4 is 10.2 Å². The molecule has 2 atom stereocenters. The molecule has 3 fully saturated rings. The van der Waals surface area contributed by atoms with E-state index in [0.717, 1.165) is 50.5 Å². The van der Waals surface area contributed by atoms with E-state index in [1.807, 2.05) is 4.90 Å². The van der Waals surface area contributed by atoms with Crippen molar-refractivity contribution in [1.29, 1.82) is 0 Å². The van der Waals surface area contributed by atoms with Gasteiger partial charge in [0.2, 0.25) is 5.91 Å². The lowest BCUT2D eigenvalue weighted by molar-refractivity contribution is -0.134. The normalized spacial score (nSPS) is 27.9. The number of nitrogens with one attached hydrogen (secondary N) is 1. The molecule has 0 bridgehead atoms. The Morgan fingerprint density at radius 3 is 2.60 bits per heavy atom. The second-order valence-electron chi connectivity index (χ2n) is 7.45. The minimum atomic E-state index is -0.392. The van der Waals surface area contributed by atoms with Crippen molar-refractivity contribution in [3.8, 4) is 0 Å². The lowest BCUT2D eigenvalue weighted by Crippen LogP contribution is -2.46. The summed E-state index contributed by atoms with van der Waals surface area (Å²) in [6.07, 6.45) is 6.19. The van der Waals surface area contributed by atoms with E-state index < -0.39 is 6.10 Å². The van der Waals surface area contributed by atoms with Crippen molar-refractivity contribution in [3.63, 3.8) is 0 Å². The van der Waals surface area contributed by atoms with Gasteiger partial charge in [0.05, 0.1) is 12.1 Å². The number of aliphatic hydroxyl groups is 1. The van der Waals surface area contributed by atoms with E-state index >= 15 is 0 Å². The van der Waals surface area contributed by atoms with Gasteiger partial charge in [0.15, 0.2) is 0 Å². The van der Waals surface area contributed by atoms with Crippen LogP contribution in [0.25, 0.3) is 0 Å². The summed E-state index contributed by atoms with van der Waals surface area (Å²) in [6.45, 7) is 4.22. The number of piperidine rings is 1. The van der Waals surface area contributed by atoms with E-state index in [2.05, 4.69) is 26.3 Å². The first-order valence-electron chi connectivity index (χ1n) is 9.48. The van der Waals surface area contributed by atoms with E-state index in [0.29, 0.717) is 18.9 Å². The SMILES string of the molecule is O=C([C@@H]1C[C@@H](O)CN1)N1CCC(c2cc(N3CCCC3)ncn2)CC1. The summed E-state index contributed by atoms with van der Waals surface area (Å²) < 4.78 is 0. The minimum Gasteiger partial charge on any atom is -0.392 e. The number of rotatable bonds is 3. The third-order valence-corrected chi connectivity index (χ3v) is 5.73. The number of nitrogens with zero attached hydrogens (tertiary/aromatic N) is 4. The third-order valence-electron chi connectivity index (χ3n) is 5.73. The first-order valence-corrected chi connectivity index (χ1v) is 9.48. The van der Waals surface area contributed by atoms with Gasteiger partial charge in [-0.25, -0.2) is 9.97 Å². The molecular weight excluding hydrogens is 318 g/mol. The zero-order valence-corrected chi connectivity index (χ0v) is 14.6. The molecule has 4 rings (SSSR count). The Bertz CT molecular complexity index is 611. The van der Waals surface area contributed by atoms with Crippen molar-refractivity contribution in [3.05, 3.63) is 18.1 Å². The molecule has 0 spiro atoms. The maximum atomic E-state index is 12.5. The van der Waals surface area contributed by atoms with Crippen LogP contribution in [-0.2, 0) is 4.79 Å². The summed E-state index contributed by atoms with van der Waals surface area (Å²) in [4.78, 5) is 25.8. The fraction of sp³-hybridized carbons (Fsp3) is 0.722. The van der Waals surface area contributed by atoms with Gasteiger partial charge in [-0.3, -0.25) is 4.79 Å². The lowest BCUT2D eigenvalue weighted by atomic mass is 9.92. The topological polar surface area (TPSA) is 81.6 Å². The second kappa shape index (κ2) is 7.25. The number of anilines is 1. The highest BCUT2D eigenvalue weighted by Crippen LogP contribution is 2.29. The average Bonchev–Trinajstić information content (AvgIpc) is 3.33. The summed E-state index contributed by atoms with van der Waals surface area (Å²) in [7, 11) is 0. The Balaban J connectivity index is 1.35. The van der Waals surface area contributed by atoms with Gasteiger partial charge in [0.25, 0.3) is 0 Å². The number of carbonyl (C=O) groups is 1. The molecule has 0 aromatic carbocycles. The molecule has 7 nitrogen and oxygen atoms in total. The summed E-state index contributed by atoms with van der Waals surface area (Å²) in [5, 5.41) is 12.7. The maximum absolute atomic E-state index is 12.5. The standard InChI is InChI=1S/C18H27N5O2/c24-14-9-16(19-11-14)18(25)23-7-3-13(4-8-23)15-10-17(21-12-20-15)22-5-1-2-6-22/h10,12-14,16,19,24H,1-9,11H2/t14-,16+/m1/s1. The van der Waals surface area contributed by atoms with Crippen molar-refractivity contribution in [1.82, 2.24) is 20.2 Å². The number of hydrogen-bond acceptors (Lipinski definition) is 6. The van der Waals surface area contributed by atoms with Crippen LogP contribution >= 0.6 is 0 Å². The first kappa shape index (κ1) is 16.7. The lowest BCUT2D eigenvalue weighted by Gasteiger charge is -2.33. The van der Waals surface area contributed by atoms with Crippen molar-refractivity contribution in [2.45, 2.75) is 50.2 Å². The van der Waals surface area contributed by atoms with Crippen LogP contribution in [0.2, 0.25) is 0 Å². The predicted octanol–water partition coefficient (Wildman–Crippen LogP) is 0.506. The maximum Gasteiger partial charge on any atom is 0.239 e. The van der Waals surface area contributed by atoms with Gasteiger partial charge in [-0.1, -0.05) is 0 Å². The quantitative estimate of drug-likeness (QED) is 0.831. The van der Waals surface area contributed by atoms with Crippen LogP contribution in [0.15, 0.2) is 12.4 Å². The van der Waals surface area contributed by atoms with E-state index in [-0.39, 0.29) is 11.9 Å². The molecule has 7 heteroatoms. The van der Waals surface area contributed by atoms with Crippen LogP contribution in [-0.4, -0.2) is 70.8 Å². The average molecular weight is 345 g/mol. The fourth-order valence-electron chi connectivity index (χ4n) is 4.23. The van der Waals surface area contributed by atoms with Crippen LogP contribution in [0.3, 0.4) is 0 Å². The smallest absolute Gasteiger partial charge is 0.239 e. The summed E-state index contributed by atoms with van der Waals surface area (Å²) >= 11 is 0.